The molecule has 48 heavy (non-hydrogen) atoms. The van der Waals surface area contributed by atoms with Gasteiger partial charge in [0, 0.05) is 44.0 Å². The predicted octanol–water partition coefficient (Wildman–Crippen LogP) is 5.49. The number of aryl methyl sites for hydroxylation is 1. The van der Waals surface area contributed by atoms with Crippen molar-refractivity contribution in [1.29, 1.82) is 0 Å². The molecule has 2 atom stereocenters. The van der Waals surface area contributed by atoms with Gasteiger partial charge in [-0.1, -0.05) is 37.8 Å². The predicted molar refractivity (Wildman–Crippen MR) is 178 cm³/mol. The van der Waals surface area contributed by atoms with Gasteiger partial charge in [0.2, 0.25) is 5.91 Å². The van der Waals surface area contributed by atoms with Crippen molar-refractivity contribution in [2.45, 2.75) is 50.4 Å². The first-order chi connectivity index (χ1) is 23.3. The van der Waals surface area contributed by atoms with Gasteiger partial charge in [0.15, 0.2) is 5.82 Å². The highest BCUT2D eigenvalue weighted by molar-refractivity contribution is 6.01. The second-order valence-electron chi connectivity index (χ2n) is 13.0. The summed E-state index contributed by atoms with van der Waals surface area (Å²) in [5, 5.41) is 1.84. The molecule has 1 spiro atoms. The summed E-state index contributed by atoms with van der Waals surface area (Å²) in [7, 11) is 1.42. The molecule has 8 rings (SSSR count). The van der Waals surface area contributed by atoms with Crippen LogP contribution in [0, 0.1) is 11.6 Å². The van der Waals surface area contributed by atoms with Crippen molar-refractivity contribution in [1.82, 2.24) is 24.8 Å². The monoisotopic (exact) mass is 660 g/mol. The fraction of sp³-hybridized carbons (Fsp3) is 0.444. The molecule has 4 saturated heterocycles. The number of fused-ring (bicyclic) bond motifs is 3. The molecule has 4 aromatic rings. The highest BCUT2D eigenvalue weighted by Gasteiger charge is 2.50. The Morgan fingerprint density at radius 3 is 2.71 bits per heavy atom. The molecule has 0 aliphatic carbocycles. The molecule has 12 heteroatoms. The van der Waals surface area contributed by atoms with Gasteiger partial charge in [-0.25, -0.2) is 13.2 Å². The molecule has 4 aliphatic heterocycles. The van der Waals surface area contributed by atoms with Crippen molar-refractivity contribution in [2.24, 2.45) is 0 Å². The Morgan fingerprint density at radius 2 is 2.00 bits per heavy atom. The summed E-state index contributed by atoms with van der Waals surface area (Å²) in [6, 6.07) is 9.16. The van der Waals surface area contributed by atoms with Crippen molar-refractivity contribution in [2.75, 3.05) is 57.9 Å². The van der Waals surface area contributed by atoms with Crippen molar-refractivity contribution in [3.8, 4) is 17.3 Å². The zero-order valence-electron chi connectivity index (χ0n) is 27.2. The van der Waals surface area contributed by atoms with Crippen LogP contribution in [0.25, 0.3) is 32.9 Å². The van der Waals surface area contributed by atoms with Gasteiger partial charge in [-0.3, -0.25) is 14.7 Å². The van der Waals surface area contributed by atoms with Crippen LogP contribution in [0.4, 0.5) is 19.0 Å². The molecular weight excluding hydrogens is 621 g/mol. The van der Waals surface area contributed by atoms with Gasteiger partial charge in [-0.05, 0) is 60.7 Å². The highest BCUT2D eigenvalue weighted by atomic mass is 19.1. The second kappa shape index (κ2) is 13.0. The molecule has 9 nitrogen and oxygen atoms in total. The summed E-state index contributed by atoms with van der Waals surface area (Å²) < 4.78 is 54.5. The van der Waals surface area contributed by atoms with E-state index in [1.54, 1.807) is 29.3 Å². The summed E-state index contributed by atoms with van der Waals surface area (Å²) in [5.74, 6) is -0.674. The first kappa shape index (κ1) is 32.3. The Kier molecular flexibility index (Phi) is 8.71. The Hall–Kier alpha value is -4.29. The largest absolute Gasteiger partial charge is 0.467 e. The molecule has 0 radical (unpaired) electrons. The topological polar surface area (TPSA) is 83.9 Å². The number of nitrogens with zero attached hydrogens (tertiary/aromatic N) is 6. The summed E-state index contributed by atoms with van der Waals surface area (Å²) in [6.45, 7) is 9.45. The summed E-state index contributed by atoms with van der Waals surface area (Å²) in [6.07, 6.45) is 6.12. The molecule has 4 fully saturated rings. The smallest absolute Gasteiger partial charge is 0.318 e. The number of carbonyl (C=O) groups is 1. The maximum absolute atomic E-state index is 16.3. The van der Waals surface area contributed by atoms with E-state index in [1.165, 1.54) is 32.1 Å². The quantitative estimate of drug-likeness (QED) is 0.260. The Morgan fingerprint density at radius 1 is 1.17 bits per heavy atom. The van der Waals surface area contributed by atoms with Crippen LogP contribution in [0.1, 0.15) is 31.7 Å². The van der Waals surface area contributed by atoms with Crippen LogP contribution in [0.15, 0.2) is 49.2 Å². The second-order valence-corrected chi connectivity index (χ2v) is 13.0. The number of halogens is 3. The Bertz CT molecular complexity index is 1870. The number of ether oxygens (including phenoxy) is 2. The van der Waals surface area contributed by atoms with Gasteiger partial charge in [0.05, 0.1) is 25.7 Å². The lowest BCUT2D eigenvalue weighted by atomic mass is 9.91. The standard InChI is InChI=1S/C29H27F2N5O3.C7H12FN/c1-4-18-21(30)10-9-17-7-6-8-19(23(17)18)25-24(31)26-20(13-32-25)27(34-28(33-26)38-3)35-11-12-36(22(37)5-2)29(14-35)15-39-16-29;8-6-4-7-2-1-3-9(7)5-6/h5-10,13H,2,4,11-12,14-16H2,1,3H3;6-7H,1-5H2. The molecule has 0 bridgehead atoms. The number of benzene rings is 2. The van der Waals surface area contributed by atoms with E-state index in [2.05, 4.69) is 26.4 Å². The van der Waals surface area contributed by atoms with Gasteiger partial charge in [0.25, 0.3) is 0 Å². The molecular formula is C36H39F3N6O3. The Balaban J connectivity index is 0.000000347. The Labute approximate surface area is 277 Å². The van der Waals surface area contributed by atoms with Crippen molar-refractivity contribution < 1.29 is 27.4 Å². The van der Waals surface area contributed by atoms with Crippen LogP contribution in [-0.4, -0.2) is 101 Å². The molecule has 2 unspecified atom stereocenters. The molecule has 0 N–H and O–H groups in total. The molecule has 252 valence electrons. The van der Waals surface area contributed by atoms with Gasteiger partial charge in [-0.2, -0.15) is 9.97 Å². The minimum absolute atomic E-state index is 0.00951. The number of amides is 1. The van der Waals surface area contributed by atoms with Crippen LogP contribution in [0.3, 0.4) is 0 Å². The molecule has 4 aliphatic rings. The third-order valence-corrected chi connectivity index (χ3v) is 10.1. The van der Waals surface area contributed by atoms with E-state index in [-0.39, 0.29) is 28.9 Å². The maximum Gasteiger partial charge on any atom is 0.318 e. The number of anilines is 1. The number of aromatic nitrogens is 3. The van der Waals surface area contributed by atoms with Crippen LogP contribution < -0.4 is 9.64 Å². The fourth-order valence-corrected chi connectivity index (χ4v) is 7.74. The third-order valence-electron chi connectivity index (χ3n) is 10.1. The van der Waals surface area contributed by atoms with Crippen molar-refractivity contribution in [3.05, 3.63) is 66.4 Å². The summed E-state index contributed by atoms with van der Waals surface area (Å²) in [4.78, 5) is 32.0. The van der Waals surface area contributed by atoms with Gasteiger partial charge in [0.1, 0.15) is 34.6 Å². The summed E-state index contributed by atoms with van der Waals surface area (Å²) in [5.41, 5.74) is 0.598. The number of rotatable bonds is 5. The number of alkyl halides is 1. The minimum Gasteiger partial charge on any atom is -0.467 e. The molecule has 6 heterocycles. The van der Waals surface area contributed by atoms with Gasteiger partial charge in [-0.15, -0.1) is 0 Å². The minimum atomic E-state index is -0.643. The van der Waals surface area contributed by atoms with E-state index in [9.17, 15) is 13.6 Å². The average Bonchev–Trinajstić information content (AvgIpc) is 3.68. The lowest BCUT2D eigenvalue weighted by molar-refractivity contribution is -0.164. The van der Waals surface area contributed by atoms with E-state index >= 15 is 4.39 Å². The zero-order chi connectivity index (χ0) is 33.6. The van der Waals surface area contributed by atoms with E-state index in [0.29, 0.717) is 79.6 Å². The number of hydrogen-bond donors (Lipinski definition) is 0. The highest BCUT2D eigenvalue weighted by Crippen LogP contribution is 2.39. The zero-order valence-corrected chi connectivity index (χ0v) is 27.2. The van der Waals surface area contributed by atoms with Crippen molar-refractivity contribution in [3.63, 3.8) is 0 Å². The maximum atomic E-state index is 16.3. The van der Waals surface area contributed by atoms with E-state index < -0.39 is 17.5 Å². The third kappa shape index (κ3) is 5.54. The number of hydrogen-bond acceptors (Lipinski definition) is 8. The number of carbonyl (C=O) groups excluding carboxylic acids is 1. The molecule has 1 amide bonds. The van der Waals surface area contributed by atoms with E-state index in [1.807, 2.05) is 17.9 Å². The first-order valence-corrected chi connectivity index (χ1v) is 16.5. The van der Waals surface area contributed by atoms with Gasteiger partial charge < -0.3 is 19.3 Å². The SMILES string of the molecule is C=CC(=O)N1CCN(c2nc(OC)nc3c(F)c(-c4cccc5ccc(F)c(CC)c45)ncc23)CC12COC2.FC1CC2CCCN2C1. The first-order valence-electron chi connectivity index (χ1n) is 16.5. The van der Waals surface area contributed by atoms with Gasteiger partial charge >= 0.3 is 6.01 Å². The van der Waals surface area contributed by atoms with Crippen LogP contribution in [0.5, 0.6) is 6.01 Å². The van der Waals surface area contributed by atoms with Crippen LogP contribution >= 0.6 is 0 Å². The lowest BCUT2D eigenvalue weighted by Crippen LogP contribution is -2.72. The molecule has 2 aromatic heterocycles. The van der Waals surface area contributed by atoms with E-state index in [4.69, 9.17) is 9.47 Å². The number of piperazine rings is 1. The van der Waals surface area contributed by atoms with E-state index in [0.717, 1.165) is 18.4 Å². The number of pyridine rings is 1. The van der Waals surface area contributed by atoms with Crippen molar-refractivity contribution >= 4 is 33.4 Å². The normalized spacial score (nSPS) is 21.6. The van der Waals surface area contributed by atoms with Crippen LogP contribution in [-0.2, 0) is 16.0 Å². The average molecular weight is 661 g/mol. The lowest BCUT2D eigenvalue weighted by Gasteiger charge is -2.55. The number of methoxy groups -OCH3 is 1. The fourth-order valence-electron chi connectivity index (χ4n) is 7.74. The molecule has 0 saturated carbocycles. The van der Waals surface area contributed by atoms with Crippen LogP contribution in [0.2, 0.25) is 0 Å². The molecule has 2 aromatic carbocycles. The summed E-state index contributed by atoms with van der Waals surface area (Å²) >= 11 is 0.